The van der Waals surface area contributed by atoms with Gasteiger partial charge in [-0.1, -0.05) is 17.7 Å². The number of aryl methyl sites for hydroxylation is 1. The minimum absolute atomic E-state index is 0.353. The summed E-state index contributed by atoms with van der Waals surface area (Å²) in [7, 11) is 0. The summed E-state index contributed by atoms with van der Waals surface area (Å²) in [5.74, 6) is -1.10. The lowest BCUT2D eigenvalue weighted by Crippen LogP contribution is -2.07. The topological polar surface area (TPSA) is 37.3 Å². The van der Waals surface area contributed by atoms with Crippen molar-refractivity contribution in [2.75, 3.05) is 0 Å². The van der Waals surface area contributed by atoms with Crippen LogP contribution in [0.25, 0.3) is 0 Å². The maximum atomic E-state index is 10.8. The first-order valence-electron chi connectivity index (χ1n) is 4.19. The first-order chi connectivity index (χ1) is 6.18. The normalized spacial score (nSPS) is 19.9. The number of halogens is 1. The zero-order chi connectivity index (χ0) is 9.42. The molecule has 0 spiro atoms. The van der Waals surface area contributed by atoms with E-state index in [1.807, 2.05) is 12.1 Å². The highest BCUT2D eigenvalue weighted by atomic mass is 35.5. The van der Waals surface area contributed by atoms with Gasteiger partial charge in [-0.05, 0) is 36.1 Å². The van der Waals surface area contributed by atoms with E-state index in [2.05, 4.69) is 0 Å². The molecule has 1 aliphatic rings. The summed E-state index contributed by atoms with van der Waals surface area (Å²) in [6.07, 6.45) is 1.55. The minimum Gasteiger partial charge on any atom is -0.481 e. The van der Waals surface area contributed by atoms with E-state index in [4.69, 9.17) is 16.7 Å². The summed E-state index contributed by atoms with van der Waals surface area (Å²) >= 11 is 5.80. The van der Waals surface area contributed by atoms with E-state index in [9.17, 15) is 4.79 Å². The van der Waals surface area contributed by atoms with Gasteiger partial charge in [-0.2, -0.15) is 0 Å². The van der Waals surface area contributed by atoms with E-state index in [-0.39, 0.29) is 5.92 Å². The van der Waals surface area contributed by atoms with E-state index >= 15 is 0 Å². The molecule has 3 heteroatoms. The Morgan fingerprint density at radius 3 is 3.00 bits per heavy atom. The molecule has 0 fully saturated rings. The highest BCUT2D eigenvalue weighted by Gasteiger charge is 2.28. The molecule has 0 radical (unpaired) electrons. The van der Waals surface area contributed by atoms with Crippen LogP contribution in [0.5, 0.6) is 0 Å². The monoisotopic (exact) mass is 196 g/mol. The number of aliphatic carboxylic acids is 1. The van der Waals surface area contributed by atoms with E-state index in [0.717, 1.165) is 17.5 Å². The lowest BCUT2D eigenvalue weighted by molar-refractivity contribution is -0.138. The Bertz CT molecular complexity index is 360. The van der Waals surface area contributed by atoms with Gasteiger partial charge in [-0.3, -0.25) is 4.79 Å². The Kier molecular flexibility index (Phi) is 2.00. The van der Waals surface area contributed by atoms with Crippen molar-refractivity contribution >= 4 is 17.6 Å². The summed E-state index contributed by atoms with van der Waals surface area (Å²) in [6.45, 7) is 0. The van der Waals surface area contributed by atoms with Crippen LogP contribution in [0.2, 0.25) is 5.02 Å². The summed E-state index contributed by atoms with van der Waals surface area (Å²) in [6, 6.07) is 5.49. The van der Waals surface area contributed by atoms with Crippen LogP contribution in [0, 0.1) is 0 Å². The molecule has 0 aromatic heterocycles. The second-order valence-corrected chi connectivity index (χ2v) is 3.71. The standard InChI is InChI=1S/C10H9ClO2/c11-7-3-1-6-2-4-8(10(12)13)9(6)5-7/h1,3,5,8H,2,4H2,(H,12,13)/t8-/m0/s1. The van der Waals surface area contributed by atoms with Crippen LogP contribution < -0.4 is 0 Å². The Hall–Kier alpha value is -1.02. The smallest absolute Gasteiger partial charge is 0.310 e. The Balaban J connectivity index is 2.46. The number of carboxylic acids is 1. The fourth-order valence-corrected chi connectivity index (χ4v) is 2.01. The van der Waals surface area contributed by atoms with Crippen molar-refractivity contribution in [1.82, 2.24) is 0 Å². The molecule has 0 saturated heterocycles. The van der Waals surface area contributed by atoms with Gasteiger partial charge in [-0.25, -0.2) is 0 Å². The average molecular weight is 197 g/mol. The molecular formula is C10H9ClO2. The van der Waals surface area contributed by atoms with E-state index in [1.54, 1.807) is 6.07 Å². The predicted molar refractivity (Wildman–Crippen MR) is 50.1 cm³/mol. The molecular weight excluding hydrogens is 188 g/mol. The first kappa shape index (κ1) is 8.57. The van der Waals surface area contributed by atoms with E-state index in [0.29, 0.717) is 11.4 Å². The molecule has 0 bridgehead atoms. The van der Waals surface area contributed by atoms with Crippen molar-refractivity contribution in [3.63, 3.8) is 0 Å². The lowest BCUT2D eigenvalue weighted by Gasteiger charge is -2.05. The molecule has 13 heavy (non-hydrogen) atoms. The van der Waals surface area contributed by atoms with Crippen molar-refractivity contribution in [3.8, 4) is 0 Å². The van der Waals surface area contributed by atoms with Gasteiger partial charge < -0.3 is 5.11 Å². The Labute approximate surface area is 81.1 Å². The van der Waals surface area contributed by atoms with Crippen LogP contribution in [-0.4, -0.2) is 11.1 Å². The molecule has 68 valence electrons. The molecule has 1 aliphatic carbocycles. The second-order valence-electron chi connectivity index (χ2n) is 3.27. The van der Waals surface area contributed by atoms with Crippen molar-refractivity contribution in [2.24, 2.45) is 0 Å². The number of rotatable bonds is 1. The molecule has 1 N–H and O–H groups in total. The number of carbonyl (C=O) groups is 1. The maximum Gasteiger partial charge on any atom is 0.310 e. The quantitative estimate of drug-likeness (QED) is 0.749. The van der Waals surface area contributed by atoms with Gasteiger partial charge in [0.05, 0.1) is 5.92 Å². The van der Waals surface area contributed by atoms with Crippen LogP contribution in [0.4, 0.5) is 0 Å². The molecule has 0 aliphatic heterocycles. The maximum absolute atomic E-state index is 10.8. The molecule has 0 saturated carbocycles. The van der Waals surface area contributed by atoms with Gasteiger partial charge in [0.25, 0.3) is 0 Å². The number of hydrogen-bond donors (Lipinski definition) is 1. The fourth-order valence-electron chi connectivity index (χ4n) is 1.83. The van der Waals surface area contributed by atoms with Gasteiger partial charge in [0.2, 0.25) is 0 Å². The number of hydrogen-bond acceptors (Lipinski definition) is 1. The fraction of sp³-hybridized carbons (Fsp3) is 0.300. The largest absolute Gasteiger partial charge is 0.481 e. The van der Waals surface area contributed by atoms with Crippen molar-refractivity contribution in [2.45, 2.75) is 18.8 Å². The Morgan fingerprint density at radius 1 is 1.54 bits per heavy atom. The second kappa shape index (κ2) is 3.04. The highest BCUT2D eigenvalue weighted by molar-refractivity contribution is 6.30. The molecule has 1 aromatic carbocycles. The SMILES string of the molecule is O=C(O)[C@H]1CCc2ccc(Cl)cc21. The van der Waals surface area contributed by atoms with Crippen LogP contribution in [0.3, 0.4) is 0 Å². The summed E-state index contributed by atoms with van der Waals surface area (Å²) in [4.78, 5) is 10.8. The average Bonchev–Trinajstić information content (AvgIpc) is 2.46. The molecule has 2 rings (SSSR count). The third-order valence-corrected chi connectivity index (χ3v) is 2.72. The van der Waals surface area contributed by atoms with Crippen molar-refractivity contribution in [3.05, 3.63) is 34.3 Å². The van der Waals surface area contributed by atoms with Gasteiger partial charge in [0, 0.05) is 5.02 Å². The minimum atomic E-state index is -0.749. The lowest BCUT2D eigenvalue weighted by atomic mass is 10.0. The molecule has 0 unspecified atom stereocenters. The van der Waals surface area contributed by atoms with E-state index in [1.165, 1.54) is 0 Å². The molecule has 2 nitrogen and oxygen atoms in total. The number of benzene rings is 1. The zero-order valence-corrected chi connectivity index (χ0v) is 7.71. The summed E-state index contributed by atoms with van der Waals surface area (Å²) < 4.78 is 0. The van der Waals surface area contributed by atoms with Crippen LogP contribution in [-0.2, 0) is 11.2 Å². The van der Waals surface area contributed by atoms with Gasteiger partial charge in [0.15, 0.2) is 0 Å². The third kappa shape index (κ3) is 1.42. The molecule has 1 atom stereocenters. The van der Waals surface area contributed by atoms with Crippen molar-refractivity contribution < 1.29 is 9.90 Å². The predicted octanol–water partition coefficient (Wildman–Crippen LogP) is 2.45. The Morgan fingerprint density at radius 2 is 2.31 bits per heavy atom. The van der Waals surface area contributed by atoms with Crippen LogP contribution in [0.15, 0.2) is 18.2 Å². The summed E-state index contributed by atoms with van der Waals surface area (Å²) in [5.41, 5.74) is 2.01. The van der Waals surface area contributed by atoms with Gasteiger partial charge in [0.1, 0.15) is 0 Å². The molecule has 0 heterocycles. The highest BCUT2D eigenvalue weighted by Crippen LogP contribution is 2.34. The van der Waals surface area contributed by atoms with Crippen LogP contribution >= 0.6 is 11.6 Å². The summed E-state index contributed by atoms with van der Waals surface area (Å²) in [5, 5.41) is 9.53. The zero-order valence-electron chi connectivity index (χ0n) is 6.96. The molecule has 0 amide bonds. The first-order valence-corrected chi connectivity index (χ1v) is 4.57. The third-order valence-electron chi connectivity index (χ3n) is 2.48. The van der Waals surface area contributed by atoms with E-state index < -0.39 is 5.97 Å². The van der Waals surface area contributed by atoms with Gasteiger partial charge >= 0.3 is 5.97 Å². The number of carboxylic acid groups (broad SMARTS) is 1. The van der Waals surface area contributed by atoms with Crippen molar-refractivity contribution in [1.29, 1.82) is 0 Å². The van der Waals surface area contributed by atoms with Crippen LogP contribution in [0.1, 0.15) is 23.5 Å². The number of fused-ring (bicyclic) bond motifs is 1. The van der Waals surface area contributed by atoms with Gasteiger partial charge in [-0.15, -0.1) is 0 Å². The molecule has 1 aromatic rings.